The van der Waals surface area contributed by atoms with Gasteiger partial charge in [0, 0.05) is 34.3 Å². The first-order valence-electron chi connectivity index (χ1n) is 9.84. The lowest BCUT2D eigenvalue weighted by Gasteiger charge is -2.15. The Bertz CT molecular complexity index is 883. The molecule has 1 aliphatic carbocycles. The molecule has 3 rings (SSSR count). The number of carboxylic acid groups (broad SMARTS) is 1. The lowest BCUT2D eigenvalue weighted by atomic mass is 9.90. The molecular weight excluding hydrogens is 391 g/mol. The Morgan fingerprint density at radius 3 is 2.86 bits per heavy atom. The summed E-state index contributed by atoms with van der Waals surface area (Å²) in [7, 11) is 0. The third-order valence-electron chi connectivity index (χ3n) is 5.27. The molecule has 0 spiro atoms. The quantitative estimate of drug-likeness (QED) is 0.433. The molecular formula is C23H25FO4S. The topological polar surface area (TPSA) is 74.6 Å². The van der Waals surface area contributed by atoms with Gasteiger partial charge in [-0.15, -0.1) is 11.3 Å². The van der Waals surface area contributed by atoms with Crippen LogP contribution in [-0.4, -0.2) is 28.1 Å². The summed E-state index contributed by atoms with van der Waals surface area (Å²) in [5.41, 5.74) is 0. The Hall–Kier alpha value is -2.31. The van der Waals surface area contributed by atoms with Gasteiger partial charge in [0.05, 0.1) is 0 Å². The highest BCUT2D eigenvalue weighted by atomic mass is 32.1. The van der Waals surface area contributed by atoms with Crippen LogP contribution < -0.4 is 0 Å². The first-order valence-corrected chi connectivity index (χ1v) is 10.7. The van der Waals surface area contributed by atoms with Crippen LogP contribution in [0.25, 0.3) is 10.1 Å². The van der Waals surface area contributed by atoms with Crippen molar-refractivity contribution in [1.29, 1.82) is 0 Å². The summed E-state index contributed by atoms with van der Waals surface area (Å²) in [4.78, 5) is 23.5. The molecule has 4 nitrogen and oxygen atoms in total. The van der Waals surface area contributed by atoms with Crippen LogP contribution in [0.5, 0.6) is 0 Å². The van der Waals surface area contributed by atoms with Crippen molar-refractivity contribution in [2.75, 3.05) is 0 Å². The number of hydrogen-bond donors (Lipinski definition) is 2. The molecule has 0 aliphatic heterocycles. The highest BCUT2D eigenvalue weighted by Gasteiger charge is 2.40. The van der Waals surface area contributed by atoms with E-state index in [0.717, 1.165) is 15.0 Å². The highest BCUT2D eigenvalue weighted by molar-refractivity contribution is 7.19. The number of aliphatic hydroxyl groups excluding tert-OH is 1. The van der Waals surface area contributed by atoms with E-state index in [-0.39, 0.29) is 18.6 Å². The standard InChI is InChI=1S/C23H25FO4S/c24-18-14-20(26)17(16(18)8-3-1-2-4-10-23(27)28)11-12-19(25)22-13-15-7-5-6-9-21(15)29-22/h1,3,5-7,9,11-13,16-19,25H,2,4,8,10,14H2,(H,27,28)/t16-,17-,18+,19-/m1/s1. The smallest absolute Gasteiger partial charge is 0.303 e. The van der Waals surface area contributed by atoms with Crippen LogP contribution in [0, 0.1) is 11.8 Å². The summed E-state index contributed by atoms with van der Waals surface area (Å²) in [6.45, 7) is 0. The van der Waals surface area contributed by atoms with Gasteiger partial charge in [-0.25, -0.2) is 4.39 Å². The van der Waals surface area contributed by atoms with Crippen LogP contribution >= 0.6 is 11.3 Å². The molecule has 4 atom stereocenters. The predicted molar refractivity (Wildman–Crippen MR) is 113 cm³/mol. The average Bonchev–Trinajstić information content (AvgIpc) is 3.23. The maximum atomic E-state index is 14.3. The fraction of sp³-hybridized carbons (Fsp3) is 0.391. The van der Waals surface area contributed by atoms with E-state index in [9.17, 15) is 19.1 Å². The predicted octanol–water partition coefficient (Wildman–Crippen LogP) is 5.24. The normalized spacial score (nSPS) is 23.5. The van der Waals surface area contributed by atoms with Crippen LogP contribution in [0.2, 0.25) is 0 Å². The van der Waals surface area contributed by atoms with Crippen molar-refractivity contribution in [3.8, 4) is 0 Å². The van der Waals surface area contributed by atoms with Crippen LogP contribution in [0.15, 0.2) is 54.6 Å². The Kier molecular flexibility index (Phi) is 7.34. The fourth-order valence-electron chi connectivity index (χ4n) is 3.70. The Balaban J connectivity index is 1.61. The number of benzene rings is 1. The lowest BCUT2D eigenvalue weighted by molar-refractivity contribution is -0.137. The second-order valence-corrected chi connectivity index (χ2v) is 8.50. The molecule has 0 saturated heterocycles. The third-order valence-corrected chi connectivity index (χ3v) is 6.45. The number of Topliss-reactive ketones (excluding diaryl/α,β-unsaturated/α-hetero) is 1. The average molecular weight is 417 g/mol. The zero-order valence-electron chi connectivity index (χ0n) is 16.0. The number of carboxylic acids is 1. The monoisotopic (exact) mass is 416 g/mol. The number of aliphatic hydroxyl groups is 1. The molecule has 1 aliphatic rings. The number of aliphatic carboxylic acids is 1. The van der Waals surface area contributed by atoms with Crippen molar-refractivity contribution in [3.05, 3.63) is 59.5 Å². The number of ketones is 1. The van der Waals surface area contributed by atoms with E-state index in [0.29, 0.717) is 19.3 Å². The first-order chi connectivity index (χ1) is 14.0. The SMILES string of the molecule is O=C(O)CCCC=CC[C@H]1[C@@H](F)CC(=O)[C@@H]1C=C[C@@H](O)c1cc2ccccc2s1. The Labute approximate surface area is 173 Å². The molecule has 154 valence electrons. The number of carbonyl (C=O) groups excluding carboxylic acids is 1. The first kappa shape index (κ1) is 21.4. The lowest BCUT2D eigenvalue weighted by Crippen LogP contribution is -2.16. The van der Waals surface area contributed by atoms with Gasteiger partial charge in [0.2, 0.25) is 0 Å². The summed E-state index contributed by atoms with van der Waals surface area (Å²) in [5, 5.41) is 20.2. The van der Waals surface area contributed by atoms with E-state index in [4.69, 9.17) is 5.11 Å². The van der Waals surface area contributed by atoms with Gasteiger partial charge in [0.1, 0.15) is 18.1 Å². The number of rotatable bonds is 9. The van der Waals surface area contributed by atoms with E-state index in [1.807, 2.05) is 42.5 Å². The third kappa shape index (κ3) is 5.61. The molecule has 1 fully saturated rings. The minimum absolute atomic E-state index is 0.0918. The fourth-order valence-corrected chi connectivity index (χ4v) is 4.73. The summed E-state index contributed by atoms with van der Waals surface area (Å²) < 4.78 is 15.4. The van der Waals surface area contributed by atoms with Gasteiger partial charge < -0.3 is 10.2 Å². The molecule has 1 heterocycles. The summed E-state index contributed by atoms with van der Waals surface area (Å²) in [6, 6.07) is 9.80. The van der Waals surface area contributed by atoms with Crippen molar-refractivity contribution in [1.82, 2.24) is 0 Å². The molecule has 0 amide bonds. The Morgan fingerprint density at radius 1 is 1.31 bits per heavy atom. The van der Waals surface area contributed by atoms with Crippen LogP contribution in [-0.2, 0) is 9.59 Å². The van der Waals surface area contributed by atoms with E-state index in [2.05, 4.69) is 0 Å². The van der Waals surface area contributed by atoms with Crippen molar-refractivity contribution < 1.29 is 24.2 Å². The van der Waals surface area contributed by atoms with Gasteiger partial charge in [-0.1, -0.05) is 42.5 Å². The van der Waals surface area contributed by atoms with Gasteiger partial charge in [0.15, 0.2) is 0 Å². The molecule has 2 N–H and O–H groups in total. The number of thiophene rings is 1. The van der Waals surface area contributed by atoms with E-state index < -0.39 is 30.1 Å². The van der Waals surface area contributed by atoms with Crippen molar-refractivity contribution in [2.45, 2.75) is 44.4 Å². The van der Waals surface area contributed by atoms with Crippen LogP contribution in [0.1, 0.15) is 43.1 Å². The minimum atomic E-state index is -1.19. The van der Waals surface area contributed by atoms with Crippen molar-refractivity contribution in [2.24, 2.45) is 11.8 Å². The number of carbonyl (C=O) groups is 2. The maximum absolute atomic E-state index is 14.3. The van der Waals surface area contributed by atoms with Gasteiger partial charge in [-0.2, -0.15) is 0 Å². The van der Waals surface area contributed by atoms with Crippen molar-refractivity contribution in [3.63, 3.8) is 0 Å². The number of fused-ring (bicyclic) bond motifs is 1. The Morgan fingerprint density at radius 2 is 2.10 bits per heavy atom. The summed E-state index contributed by atoms with van der Waals surface area (Å²) in [5.74, 6) is -1.95. The molecule has 1 saturated carbocycles. The minimum Gasteiger partial charge on any atom is -0.481 e. The molecule has 0 radical (unpaired) electrons. The van der Waals surface area contributed by atoms with Gasteiger partial charge in [-0.05, 0) is 36.8 Å². The van der Waals surface area contributed by atoms with E-state index >= 15 is 0 Å². The zero-order valence-corrected chi connectivity index (χ0v) is 16.9. The van der Waals surface area contributed by atoms with E-state index in [1.54, 1.807) is 12.2 Å². The number of alkyl halides is 1. The second kappa shape index (κ2) is 9.94. The molecule has 29 heavy (non-hydrogen) atoms. The van der Waals surface area contributed by atoms with Gasteiger partial charge in [-0.3, -0.25) is 9.59 Å². The van der Waals surface area contributed by atoms with Gasteiger partial charge in [0.25, 0.3) is 0 Å². The molecule has 2 aromatic rings. The molecule has 1 aromatic carbocycles. The number of unbranched alkanes of at least 4 members (excludes halogenated alkanes) is 1. The van der Waals surface area contributed by atoms with Crippen LogP contribution in [0.4, 0.5) is 4.39 Å². The van der Waals surface area contributed by atoms with Crippen LogP contribution in [0.3, 0.4) is 0 Å². The molecule has 0 bridgehead atoms. The van der Waals surface area contributed by atoms with E-state index in [1.165, 1.54) is 11.3 Å². The maximum Gasteiger partial charge on any atom is 0.303 e. The summed E-state index contributed by atoms with van der Waals surface area (Å²) in [6.07, 6.45) is 6.52. The molecule has 6 heteroatoms. The molecule has 0 unspecified atom stereocenters. The zero-order chi connectivity index (χ0) is 20.8. The summed E-state index contributed by atoms with van der Waals surface area (Å²) >= 11 is 1.50. The molecule has 1 aromatic heterocycles. The van der Waals surface area contributed by atoms with Crippen molar-refractivity contribution >= 4 is 33.2 Å². The van der Waals surface area contributed by atoms with Gasteiger partial charge >= 0.3 is 5.97 Å². The number of allylic oxidation sites excluding steroid dienone is 3. The number of hydrogen-bond acceptors (Lipinski definition) is 4. The largest absolute Gasteiger partial charge is 0.481 e. The highest BCUT2D eigenvalue weighted by Crippen LogP contribution is 2.37. The number of halogens is 1. The second-order valence-electron chi connectivity index (χ2n) is 7.39.